The Hall–Kier alpha value is -3.91. The zero-order chi connectivity index (χ0) is 28.2. The fourth-order valence-electron chi connectivity index (χ4n) is 4.76. The molecule has 4 aromatic rings. The van der Waals surface area contributed by atoms with Gasteiger partial charge in [0.05, 0.1) is 35.8 Å². The first kappa shape index (κ1) is 27.6. The molecule has 7 nitrogen and oxygen atoms in total. The van der Waals surface area contributed by atoms with E-state index in [1.807, 2.05) is 31.2 Å². The molecule has 1 aliphatic heterocycles. The molecule has 0 spiro atoms. The molecule has 1 unspecified atom stereocenters. The number of hydrogen-bond donors (Lipinski definition) is 0. The number of fused-ring (bicyclic) bond motifs is 2. The molecule has 2 heterocycles. The van der Waals surface area contributed by atoms with Crippen LogP contribution in [0.2, 0.25) is 0 Å². The van der Waals surface area contributed by atoms with E-state index in [9.17, 15) is 14.4 Å². The maximum Gasteiger partial charge on any atom is 0.338 e. The quantitative estimate of drug-likeness (QED) is 0.138. The van der Waals surface area contributed by atoms with Gasteiger partial charge in [0.2, 0.25) is 5.76 Å². The van der Waals surface area contributed by atoms with Crippen molar-refractivity contribution >= 4 is 44.5 Å². The summed E-state index contributed by atoms with van der Waals surface area (Å²) in [5.41, 5.74) is 2.00. The SMILES string of the molecule is CCCCOC(=O)c1ccc(N2C(=O)c3oc4ccc(Br)cc4c(=O)c3C2c2ccc(OCCCC)cc2)cc1. The maximum atomic E-state index is 13.8. The van der Waals surface area contributed by atoms with Crippen LogP contribution in [0.1, 0.15) is 77.6 Å². The van der Waals surface area contributed by atoms with Gasteiger partial charge in [0, 0.05) is 10.2 Å². The summed E-state index contributed by atoms with van der Waals surface area (Å²) in [5.74, 6) is -0.117. The van der Waals surface area contributed by atoms with Crippen molar-refractivity contribution in [2.24, 2.45) is 0 Å². The molecule has 0 aliphatic carbocycles. The fourth-order valence-corrected chi connectivity index (χ4v) is 5.12. The lowest BCUT2D eigenvalue weighted by molar-refractivity contribution is 0.0499. The number of esters is 1. The number of benzene rings is 3. The Bertz CT molecular complexity index is 1590. The van der Waals surface area contributed by atoms with Crippen LogP contribution in [0.5, 0.6) is 5.75 Å². The fraction of sp³-hybridized carbons (Fsp3) is 0.281. The van der Waals surface area contributed by atoms with Crippen molar-refractivity contribution < 1.29 is 23.5 Å². The highest BCUT2D eigenvalue weighted by Gasteiger charge is 2.43. The lowest BCUT2D eigenvalue weighted by atomic mass is 9.98. The normalized spacial score (nSPS) is 14.4. The van der Waals surface area contributed by atoms with Gasteiger partial charge < -0.3 is 13.9 Å². The topological polar surface area (TPSA) is 86.0 Å². The Kier molecular flexibility index (Phi) is 8.35. The minimum absolute atomic E-state index is 0.0103. The monoisotopic (exact) mass is 603 g/mol. The second-order valence-corrected chi connectivity index (χ2v) is 10.6. The first-order chi connectivity index (χ1) is 19.4. The molecule has 0 fully saturated rings. The number of halogens is 1. The predicted molar refractivity (Wildman–Crippen MR) is 157 cm³/mol. The van der Waals surface area contributed by atoms with Gasteiger partial charge in [-0.05, 0) is 73.0 Å². The second-order valence-electron chi connectivity index (χ2n) is 9.70. The van der Waals surface area contributed by atoms with Crippen molar-refractivity contribution in [2.45, 2.75) is 45.6 Å². The van der Waals surface area contributed by atoms with E-state index in [0.717, 1.165) is 35.7 Å². The molecule has 0 N–H and O–H groups in total. The summed E-state index contributed by atoms with van der Waals surface area (Å²) in [5, 5.41) is 0.387. The number of anilines is 1. The molecule has 206 valence electrons. The highest BCUT2D eigenvalue weighted by atomic mass is 79.9. The number of amides is 1. The smallest absolute Gasteiger partial charge is 0.338 e. The molecule has 3 aromatic carbocycles. The number of rotatable bonds is 10. The molecular formula is C32H30BrNO6. The van der Waals surface area contributed by atoms with E-state index >= 15 is 0 Å². The summed E-state index contributed by atoms with van der Waals surface area (Å²) in [4.78, 5) is 41.7. The van der Waals surface area contributed by atoms with Gasteiger partial charge in [-0.3, -0.25) is 14.5 Å². The Morgan fingerprint density at radius 2 is 1.62 bits per heavy atom. The Labute approximate surface area is 240 Å². The zero-order valence-electron chi connectivity index (χ0n) is 22.4. The molecule has 5 rings (SSSR count). The molecular weight excluding hydrogens is 574 g/mol. The van der Waals surface area contributed by atoms with Crippen LogP contribution in [0.3, 0.4) is 0 Å². The predicted octanol–water partition coefficient (Wildman–Crippen LogP) is 7.44. The van der Waals surface area contributed by atoms with Crippen LogP contribution in [-0.4, -0.2) is 25.1 Å². The largest absolute Gasteiger partial charge is 0.494 e. The minimum atomic E-state index is -0.728. The Morgan fingerprint density at radius 1 is 0.925 bits per heavy atom. The number of carbonyl (C=O) groups excluding carboxylic acids is 2. The van der Waals surface area contributed by atoms with Gasteiger partial charge in [0.15, 0.2) is 5.43 Å². The van der Waals surface area contributed by atoms with Crippen molar-refractivity contribution in [3.8, 4) is 5.75 Å². The minimum Gasteiger partial charge on any atom is -0.494 e. The molecule has 40 heavy (non-hydrogen) atoms. The number of hydrogen-bond acceptors (Lipinski definition) is 6. The van der Waals surface area contributed by atoms with Crippen molar-refractivity contribution in [1.82, 2.24) is 0 Å². The van der Waals surface area contributed by atoms with Gasteiger partial charge in [0.25, 0.3) is 5.91 Å². The highest BCUT2D eigenvalue weighted by molar-refractivity contribution is 9.10. The first-order valence-electron chi connectivity index (χ1n) is 13.5. The number of ether oxygens (including phenoxy) is 2. The maximum absolute atomic E-state index is 13.8. The molecule has 1 amide bonds. The molecule has 1 aromatic heterocycles. The Balaban J connectivity index is 1.57. The average Bonchev–Trinajstić information content (AvgIpc) is 3.26. The molecule has 0 saturated heterocycles. The standard InChI is InChI=1S/C32H30BrNO6/c1-3-5-17-38-24-14-9-20(10-15-24)28-27-29(35)25-19-22(33)11-16-26(25)40-30(27)31(36)34(28)23-12-7-21(8-13-23)32(37)39-18-6-4-2/h7-16,19,28H,3-6,17-18H2,1-2H3. The van der Waals surface area contributed by atoms with Gasteiger partial charge in [-0.2, -0.15) is 0 Å². The number of carbonyl (C=O) groups is 2. The lowest BCUT2D eigenvalue weighted by Crippen LogP contribution is -2.29. The number of nitrogens with zero attached hydrogens (tertiary/aromatic N) is 1. The van der Waals surface area contributed by atoms with E-state index < -0.39 is 17.9 Å². The summed E-state index contributed by atoms with van der Waals surface area (Å²) in [6.45, 7) is 5.10. The van der Waals surface area contributed by atoms with Crippen LogP contribution in [-0.2, 0) is 4.74 Å². The summed E-state index contributed by atoms with van der Waals surface area (Å²) in [6.07, 6.45) is 3.70. The van der Waals surface area contributed by atoms with Crippen molar-refractivity contribution in [3.63, 3.8) is 0 Å². The van der Waals surface area contributed by atoms with Crippen LogP contribution >= 0.6 is 15.9 Å². The van der Waals surface area contributed by atoms with Crippen molar-refractivity contribution in [2.75, 3.05) is 18.1 Å². The van der Waals surface area contributed by atoms with Crippen LogP contribution in [0.4, 0.5) is 5.69 Å². The molecule has 1 atom stereocenters. The second kappa shape index (κ2) is 12.1. The highest BCUT2D eigenvalue weighted by Crippen LogP contribution is 2.41. The zero-order valence-corrected chi connectivity index (χ0v) is 24.0. The molecule has 0 radical (unpaired) electrons. The van der Waals surface area contributed by atoms with Gasteiger partial charge in [-0.15, -0.1) is 0 Å². The molecule has 1 aliphatic rings. The van der Waals surface area contributed by atoms with Crippen LogP contribution in [0, 0.1) is 0 Å². The van der Waals surface area contributed by atoms with Crippen LogP contribution in [0.25, 0.3) is 11.0 Å². The van der Waals surface area contributed by atoms with Gasteiger partial charge >= 0.3 is 5.97 Å². The van der Waals surface area contributed by atoms with E-state index in [2.05, 4.69) is 22.9 Å². The third-order valence-electron chi connectivity index (χ3n) is 6.91. The Morgan fingerprint density at radius 3 is 2.33 bits per heavy atom. The molecule has 0 bridgehead atoms. The van der Waals surface area contributed by atoms with Gasteiger partial charge in [-0.1, -0.05) is 54.8 Å². The van der Waals surface area contributed by atoms with Gasteiger partial charge in [0.1, 0.15) is 11.3 Å². The van der Waals surface area contributed by atoms with E-state index in [1.54, 1.807) is 47.4 Å². The summed E-state index contributed by atoms with van der Waals surface area (Å²) >= 11 is 3.43. The summed E-state index contributed by atoms with van der Waals surface area (Å²) < 4.78 is 17.9. The first-order valence-corrected chi connectivity index (χ1v) is 14.3. The molecule has 0 saturated carbocycles. The third-order valence-corrected chi connectivity index (χ3v) is 7.40. The third kappa shape index (κ3) is 5.41. The van der Waals surface area contributed by atoms with E-state index in [-0.39, 0.29) is 16.8 Å². The van der Waals surface area contributed by atoms with Crippen molar-refractivity contribution in [3.05, 3.63) is 104 Å². The van der Waals surface area contributed by atoms with E-state index in [1.165, 1.54) is 0 Å². The van der Waals surface area contributed by atoms with E-state index in [4.69, 9.17) is 13.9 Å². The lowest BCUT2D eigenvalue weighted by Gasteiger charge is -2.25. The van der Waals surface area contributed by atoms with Gasteiger partial charge in [-0.25, -0.2) is 4.79 Å². The average molecular weight is 604 g/mol. The summed E-state index contributed by atoms with van der Waals surface area (Å²) in [6, 6.07) is 18.5. The van der Waals surface area contributed by atoms with Crippen molar-refractivity contribution in [1.29, 1.82) is 0 Å². The molecule has 8 heteroatoms. The van der Waals surface area contributed by atoms with Crippen LogP contribution in [0.15, 0.2) is 80.4 Å². The number of unbranched alkanes of at least 4 members (excludes halogenated alkanes) is 2. The van der Waals surface area contributed by atoms with Crippen LogP contribution < -0.4 is 15.1 Å². The van der Waals surface area contributed by atoms with E-state index in [0.29, 0.717) is 41.2 Å². The summed E-state index contributed by atoms with van der Waals surface area (Å²) in [7, 11) is 0.